The molecule has 0 saturated heterocycles. The van der Waals surface area contributed by atoms with Crippen molar-refractivity contribution in [1.82, 2.24) is 4.98 Å². The van der Waals surface area contributed by atoms with Gasteiger partial charge in [0.15, 0.2) is 4.34 Å². The van der Waals surface area contributed by atoms with Crippen molar-refractivity contribution in [2.24, 2.45) is 5.16 Å². The van der Waals surface area contributed by atoms with Gasteiger partial charge in [-0.15, -0.1) is 11.3 Å². The molecule has 8 heteroatoms. The number of aromatic nitrogens is 1. The molecule has 1 aromatic heterocycles. The highest BCUT2D eigenvalue weighted by atomic mass is 32.2. The van der Waals surface area contributed by atoms with E-state index in [1.165, 1.54) is 23.7 Å². The molecule has 0 aliphatic carbocycles. The molecule has 0 aliphatic heterocycles. The number of thiazole rings is 1. The zero-order valence-electron chi connectivity index (χ0n) is 10.5. The van der Waals surface area contributed by atoms with E-state index >= 15 is 0 Å². The zero-order valence-corrected chi connectivity index (χ0v) is 12.1. The van der Waals surface area contributed by atoms with Gasteiger partial charge in [-0.05, 0) is 26.3 Å². The molecule has 1 rings (SSSR count). The molecule has 0 saturated carbocycles. The lowest BCUT2D eigenvalue weighted by Crippen LogP contribution is -1.96. The van der Waals surface area contributed by atoms with Crippen LogP contribution in [0.4, 0.5) is 8.78 Å². The summed E-state index contributed by atoms with van der Waals surface area (Å²) in [5.41, 5.74) is 0. The number of allylic oxidation sites excluding steroid dienone is 1. The standard InChI is InChI=1S/C11H14F2N2O2S2/c1-8(2)17-15-7-9-6-14-11(18-9)19(16)5-3-4-10(12)13/h4,6-8H,3,5H2,1-2H3. The predicted molar refractivity (Wildman–Crippen MR) is 72.1 cm³/mol. The third-order valence-corrected chi connectivity index (χ3v) is 4.39. The van der Waals surface area contributed by atoms with Gasteiger partial charge in [0, 0.05) is 11.9 Å². The summed E-state index contributed by atoms with van der Waals surface area (Å²) in [5.74, 6) is 0.129. The van der Waals surface area contributed by atoms with Crippen molar-refractivity contribution in [3.8, 4) is 0 Å². The minimum Gasteiger partial charge on any atom is -0.393 e. The van der Waals surface area contributed by atoms with E-state index in [1.54, 1.807) is 0 Å². The molecule has 0 aromatic carbocycles. The Hall–Kier alpha value is -1.15. The van der Waals surface area contributed by atoms with Crippen molar-refractivity contribution in [1.29, 1.82) is 0 Å². The van der Waals surface area contributed by atoms with Crippen molar-refractivity contribution in [2.75, 3.05) is 5.75 Å². The van der Waals surface area contributed by atoms with Crippen molar-refractivity contribution in [3.63, 3.8) is 0 Å². The van der Waals surface area contributed by atoms with Crippen LogP contribution in [0.15, 0.2) is 27.8 Å². The Labute approximate surface area is 116 Å². The normalized spacial score (nSPS) is 12.9. The molecule has 0 amide bonds. The Balaban J connectivity index is 2.52. The SMILES string of the molecule is CC(C)ON=Cc1cnc(S(=O)CCC=C(F)F)s1. The number of hydrogen-bond acceptors (Lipinski definition) is 5. The van der Waals surface area contributed by atoms with E-state index in [0.717, 1.165) is 6.08 Å². The lowest BCUT2D eigenvalue weighted by atomic mass is 10.5. The van der Waals surface area contributed by atoms with Gasteiger partial charge in [-0.1, -0.05) is 5.16 Å². The minimum absolute atomic E-state index is 0.0137. The van der Waals surface area contributed by atoms with E-state index in [0.29, 0.717) is 9.22 Å². The second kappa shape index (κ2) is 8.11. The molecular formula is C11H14F2N2O2S2. The second-order valence-corrected chi connectivity index (χ2v) is 6.56. The van der Waals surface area contributed by atoms with Gasteiger partial charge in [0.2, 0.25) is 0 Å². The summed E-state index contributed by atoms with van der Waals surface area (Å²) in [6, 6.07) is 0. The molecule has 0 radical (unpaired) electrons. The average molecular weight is 308 g/mol. The smallest absolute Gasteiger partial charge is 0.266 e. The Morgan fingerprint density at radius 2 is 2.37 bits per heavy atom. The monoisotopic (exact) mass is 308 g/mol. The second-order valence-electron chi connectivity index (χ2n) is 3.75. The van der Waals surface area contributed by atoms with Crippen LogP contribution in [0.3, 0.4) is 0 Å². The summed E-state index contributed by atoms with van der Waals surface area (Å²) in [5, 5.41) is 3.74. The molecule has 0 fully saturated rings. The Morgan fingerprint density at radius 1 is 1.63 bits per heavy atom. The van der Waals surface area contributed by atoms with Gasteiger partial charge < -0.3 is 4.84 Å². The first kappa shape index (κ1) is 15.9. The Kier molecular flexibility index (Phi) is 6.79. The molecule has 1 aromatic rings. The van der Waals surface area contributed by atoms with Crippen LogP contribution < -0.4 is 0 Å². The van der Waals surface area contributed by atoms with Gasteiger partial charge in [-0.3, -0.25) is 4.21 Å². The van der Waals surface area contributed by atoms with E-state index in [-0.39, 0.29) is 18.3 Å². The molecule has 19 heavy (non-hydrogen) atoms. The predicted octanol–water partition coefficient (Wildman–Crippen LogP) is 3.18. The largest absolute Gasteiger partial charge is 0.393 e. The molecule has 0 spiro atoms. The van der Waals surface area contributed by atoms with Crippen LogP contribution in [0.5, 0.6) is 0 Å². The van der Waals surface area contributed by atoms with Gasteiger partial charge in [0.25, 0.3) is 6.08 Å². The number of oxime groups is 1. The third-order valence-electron chi connectivity index (χ3n) is 1.75. The molecule has 106 valence electrons. The zero-order chi connectivity index (χ0) is 14.3. The summed E-state index contributed by atoms with van der Waals surface area (Å²) in [6.07, 6.45) is 2.06. The van der Waals surface area contributed by atoms with Crippen molar-refractivity contribution >= 4 is 28.4 Å². The van der Waals surface area contributed by atoms with Crippen LogP contribution in [0.25, 0.3) is 0 Å². The first-order valence-electron chi connectivity index (χ1n) is 5.53. The van der Waals surface area contributed by atoms with Crippen molar-refractivity contribution in [2.45, 2.75) is 30.7 Å². The molecule has 1 atom stereocenters. The topological polar surface area (TPSA) is 51.6 Å². The maximum atomic E-state index is 11.8. The van der Waals surface area contributed by atoms with Crippen molar-refractivity contribution < 1.29 is 17.8 Å². The van der Waals surface area contributed by atoms with Gasteiger partial charge in [-0.2, -0.15) is 8.78 Å². The first-order valence-corrected chi connectivity index (χ1v) is 7.67. The molecule has 0 aliphatic rings. The van der Waals surface area contributed by atoms with Gasteiger partial charge in [-0.25, -0.2) is 4.98 Å². The molecule has 0 bridgehead atoms. The maximum Gasteiger partial charge on any atom is 0.266 e. The van der Waals surface area contributed by atoms with E-state index in [1.807, 2.05) is 13.8 Å². The molecule has 1 unspecified atom stereocenters. The van der Waals surface area contributed by atoms with Crippen LogP contribution in [0.2, 0.25) is 0 Å². The van der Waals surface area contributed by atoms with Crippen LogP contribution in [0.1, 0.15) is 25.1 Å². The lowest BCUT2D eigenvalue weighted by Gasteiger charge is -1.98. The van der Waals surface area contributed by atoms with Gasteiger partial charge in [0.05, 0.1) is 21.9 Å². The number of nitrogens with zero attached hydrogens (tertiary/aromatic N) is 2. The van der Waals surface area contributed by atoms with Crippen LogP contribution >= 0.6 is 11.3 Å². The fraction of sp³-hybridized carbons (Fsp3) is 0.455. The highest BCUT2D eigenvalue weighted by Gasteiger charge is 2.08. The van der Waals surface area contributed by atoms with Crippen LogP contribution in [-0.4, -0.2) is 27.3 Å². The summed E-state index contributed by atoms with van der Waals surface area (Å²) >= 11 is 1.20. The van der Waals surface area contributed by atoms with Crippen molar-refractivity contribution in [3.05, 3.63) is 23.2 Å². The molecule has 4 nitrogen and oxygen atoms in total. The van der Waals surface area contributed by atoms with Crippen LogP contribution in [0, 0.1) is 0 Å². The summed E-state index contributed by atoms with van der Waals surface area (Å²) < 4.78 is 35.8. The quantitative estimate of drug-likeness (QED) is 0.574. The molecule has 1 heterocycles. The van der Waals surface area contributed by atoms with Gasteiger partial charge in [0.1, 0.15) is 6.10 Å². The Morgan fingerprint density at radius 3 is 3.00 bits per heavy atom. The van der Waals surface area contributed by atoms with E-state index in [4.69, 9.17) is 4.84 Å². The summed E-state index contributed by atoms with van der Waals surface area (Å²) in [6.45, 7) is 3.70. The van der Waals surface area contributed by atoms with Gasteiger partial charge >= 0.3 is 0 Å². The highest BCUT2D eigenvalue weighted by molar-refractivity contribution is 7.87. The fourth-order valence-corrected chi connectivity index (χ4v) is 3.10. The third kappa shape index (κ3) is 6.53. The van der Waals surface area contributed by atoms with Crippen LogP contribution in [-0.2, 0) is 15.6 Å². The Bertz CT molecular complexity index is 483. The highest BCUT2D eigenvalue weighted by Crippen LogP contribution is 2.16. The fourth-order valence-electron chi connectivity index (χ4n) is 1.00. The molecule has 0 N–H and O–H groups in total. The number of rotatable bonds is 7. The maximum absolute atomic E-state index is 11.8. The van der Waals surface area contributed by atoms with E-state index in [9.17, 15) is 13.0 Å². The van der Waals surface area contributed by atoms with E-state index < -0.39 is 16.9 Å². The number of halogens is 2. The summed E-state index contributed by atoms with van der Waals surface area (Å²) in [7, 11) is -1.37. The lowest BCUT2D eigenvalue weighted by molar-refractivity contribution is 0.0874. The summed E-state index contributed by atoms with van der Waals surface area (Å²) in [4.78, 5) is 9.67. The first-order chi connectivity index (χ1) is 8.99. The van der Waals surface area contributed by atoms with E-state index in [2.05, 4.69) is 10.1 Å². The minimum atomic E-state index is -1.75. The average Bonchev–Trinajstić information content (AvgIpc) is 2.76. The molecular weight excluding hydrogens is 294 g/mol. The number of hydrogen-bond donors (Lipinski definition) is 0.